The summed E-state index contributed by atoms with van der Waals surface area (Å²) in [7, 11) is 0. The minimum atomic E-state index is -5.94. The van der Waals surface area contributed by atoms with Gasteiger partial charge in [0.2, 0.25) is 0 Å². The van der Waals surface area contributed by atoms with Gasteiger partial charge in [0.1, 0.15) is 0 Å². The van der Waals surface area contributed by atoms with E-state index in [4.69, 9.17) is 0 Å². The highest BCUT2D eigenvalue weighted by Crippen LogP contribution is 2.36. The summed E-state index contributed by atoms with van der Waals surface area (Å²) in [5, 5.41) is 1.57. The summed E-state index contributed by atoms with van der Waals surface area (Å²) >= 11 is 0. The molecular weight excluding hydrogens is 295 g/mol. The number of amides is 1. The van der Waals surface area contributed by atoms with E-state index >= 15 is 0 Å². The second-order valence-corrected chi connectivity index (χ2v) is 4.17. The summed E-state index contributed by atoms with van der Waals surface area (Å²) < 4.78 is 63.5. The quantitative estimate of drug-likeness (QED) is 0.864. The fourth-order valence-corrected chi connectivity index (χ4v) is 1.59. The van der Waals surface area contributed by atoms with Crippen molar-refractivity contribution in [3.8, 4) is 5.69 Å². The summed E-state index contributed by atoms with van der Waals surface area (Å²) in [5.74, 6) is -7.86. The lowest BCUT2D eigenvalue weighted by Crippen LogP contribution is -2.47. The molecule has 2 rings (SSSR count). The van der Waals surface area contributed by atoms with Crippen LogP contribution in [0.1, 0.15) is 0 Å². The van der Waals surface area contributed by atoms with E-state index in [0.717, 1.165) is 0 Å². The number of nitrogens with zero attached hydrogens (tertiary/aromatic N) is 1. The molecule has 0 saturated heterocycles. The zero-order valence-corrected chi connectivity index (χ0v) is 10.4. The van der Waals surface area contributed by atoms with Crippen LogP contribution in [0.5, 0.6) is 0 Å². The molecule has 0 unspecified atom stereocenters. The fraction of sp³-hybridized carbons (Fsp3) is 0.154. The topological polar surface area (TPSA) is 34.0 Å². The van der Waals surface area contributed by atoms with E-state index in [-0.39, 0.29) is 5.69 Å². The first-order valence-corrected chi connectivity index (χ1v) is 5.71. The predicted molar refractivity (Wildman–Crippen MR) is 65.4 cm³/mol. The Morgan fingerprint density at radius 3 is 2.19 bits per heavy atom. The Hall–Kier alpha value is -2.38. The van der Waals surface area contributed by atoms with E-state index in [1.54, 1.807) is 40.5 Å². The van der Waals surface area contributed by atoms with Gasteiger partial charge in [-0.1, -0.05) is 6.07 Å². The van der Waals surface area contributed by atoms with Crippen molar-refractivity contribution in [2.45, 2.75) is 12.1 Å². The van der Waals surface area contributed by atoms with E-state index in [1.165, 1.54) is 18.2 Å². The molecule has 1 aromatic heterocycles. The molecule has 1 N–H and O–H groups in total. The number of hydrogen-bond acceptors (Lipinski definition) is 1. The molecule has 0 aliphatic rings. The third-order valence-electron chi connectivity index (χ3n) is 2.65. The lowest BCUT2D eigenvalue weighted by Gasteiger charge is -2.18. The molecule has 112 valence electrons. The van der Waals surface area contributed by atoms with Crippen LogP contribution in [0.4, 0.5) is 27.6 Å². The van der Waals surface area contributed by atoms with Gasteiger partial charge in [0.05, 0.1) is 0 Å². The average Bonchev–Trinajstić information content (AvgIpc) is 2.91. The van der Waals surface area contributed by atoms with Gasteiger partial charge >= 0.3 is 18.0 Å². The molecule has 0 fully saturated rings. The first-order chi connectivity index (χ1) is 9.72. The van der Waals surface area contributed by atoms with Gasteiger partial charge in [-0.05, 0) is 30.3 Å². The Morgan fingerprint density at radius 1 is 1.00 bits per heavy atom. The first-order valence-electron chi connectivity index (χ1n) is 5.71. The number of rotatable bonds is 3. The third-order valence-corrected chi connectivity index (χ3v) is 2.65. The number of aromatic nitrogens is 1. The molecule has 0 saturated carbocycles. The average molecular weight is 304 g/mol. The van der Waals surface area contributed by atoms with Crippen LogP contribution in [-0.4, -0.2) is 22.6 Å². The zero-order chi connectivity index (χ0) is 15.7. The number of nitrogens with one attached hydrogen (secondary N) is 1. The van der Waals surface area contributed by atoms with Crippen molar-refractivity contribution in [3.63, 3.8) is 0 Å². The van der Waals surface area contributed by atoms with Crippen LogP contribution in [0.25, 0.3) is 5.69 Å². The number of halogens is 5. The largest absolute Gasteiger partial charge is 0.463 e. The second kappa shape index (κ2) is 5.19. The molecule has 1 aromatic carbocycles. The number of carbonyl (C=O) groups excluding carboxylic acids is 1. The Kier molecular flexibility index (Phi) is 3.71. The molecule has 0 atom stereocenters. The van der Waals surface area contributed by atoms with E-state index in [2.05, 4.69) is 0 Å². The molecule has 8 heteroatoms. The molecule has 0 bridgehead atoms. The molecule has 21 heavy (non-hydrogen) atoms. The Balaban J connectivity index is 2.21. The van der Waals surface area contributed by atoms with Gasteiger partial charge < -0.3 is 9.88 Å². The maximum Gasteiger partial charge on any atom is 0.463 e. The SMILES string of the molecule is O=C(Nc1cccc(-n2cccc2)c1)C(F)(F)C(F)(F)F. The van der Waals surface area contributed by atoms with Crippen LogP contribution in [-0.2, 0) is 4.79 Å². The molecule has 0 radical (unpaired) electrons. The highest BCUT2D eigenvalue weighted by Gasteiger charge is 2.63. The Bertz CT molecular complexity index is 634. The minimum Gasteiger partial charge on any atom is -0.324 e. The van der Waals surface area contributed by atoms with E-state index in [1.807, 2.05) is 0 Å². The minimum absolute atomic E-state index is 0.157. The highest BCUT2D eigenvalue weighted by atomic mass is 19.4. The van der Waals surface area contributed by atoms with Crippen LogP contribution < -0.4 is 5.32 Å². The Labute approximate surface area is 116 Å². The highest BCUT2D eigenvalue weighted by molar-refractivity contribution is 5.96. The van der Waals surface area contributed by atoms with Crippen LogP contribution in [0.2, 0.25) is 0 Å². The van der Waals surface area contributed by atoms with Gasteiger partial charge in [-0.25, -0.2) is 0 Å². The third kappa shape index (κ3) is 3.04. The van der Waals surface area contributed by atoms with Crippen molar-refractivity contribution in [2.24, 2.45) is 0 Å². The molecule has 1 heterocycles. The summed E-state index contributed by atoms with van der Waals surface area (Å²) in [4.78, 5) is 11.1. The molecule has 0 aliphatic carbocycles. The Morgan fingerprint density at radius 2 is 1.62 bits per heavy atom. The molecule has 1 amide bonds. The van der Waals surface area contributed by atoms with E-state index < -0.39 is 18.0 Å². The van der Waals surface area contributed by atoms with Crippen molar-refractivity contribution in [1.82, 2.24) is 4.57 Å². The fourth-order valence-electron chi connectivity index (χ4n) is 1.59. The zero-order valence-electron chi connectivity index (χ0n) is 10.4. The standard InChI is InChI=1S/C13H9F5N2O/c14-12(15,13(16,17)18)11(21)19-9-4-3-5-10(8-9)20-6-1-2-7-20/h1-8H,(H,19,21). The number of carbonyl (C=O) groups is 1. The molecule has 2 aromatic rings. The number of hydrogen-bond donors (Lipinski definition) is 1. The number of alkyl halides is 5. The monoisotopic (exact) mass is 304 g/mol. The first kappa shape index (κ1) is 15.0. The van der Waals surface area contributed by atoms with Gasteiger partial charge in [-0.15, -0.1) is 0 Å². The molecule has 0 aliphatic heterocycles. The van der Waals surface area contributed by atoms with Crippen molar-refractivity contribution in [2.75, 3.05) is 5.32 Å². The number of benzene rings is 1. The van der Waals surface area contributed by atoms with Crippen LogP contribution in [0.3, 0.4) is 0 Å². The predicted octanol–water partition coefficient (Wildman–Crippen LogP) is 3.61. The summed E-state index contributed by atoms with van der Waals surface area (Å²) in [6, 6.07) is 8.96. The normalized spacial score (nSPS) is 12.2. The second-order valence-electron chi connectivity index (χ2n) is 4.17. The van der Waals surface area contributed by atoms with E-state index in [0.29, 0.717) is 5.69 Å². The summed E-state index contributed by atoms with van der Waals surface area (Å²) in [6.45, 7) is 0. The van der Waals surface area contributed by atoms with Gasteiger partial charge in [0.25, 0.3) is 0 Å². The van der Waals surface area contributed by atoms with Crippen molar-refractivity contribution in [1.29, 1.82) is 0 Å². The van der Waals surface area contributed by atoms with Crippen molar-refractivity contribution in [3.05, 3.63) is 48.8 Å². The van der Waals surface area contributed by atoms with Gasteiger partial charge in [-0.3, -0.25) is 4.79 Å². The van der Waals surface area contributed by atoms with Gasteiger partial charge in [-0.2, -0.15) is 22.0 Å². The molecular formula is C13H9F5N2O. The smallest absolute Gasteiger partial charge is 0.324 e. The van der Waals surface area contributed by atoms with E-state index in [9.17, 15) is 26.7 Å². The number of anilines is 1. The van der Waals surface area contributed by atoms with Crippen molar-refractivity contribution < 1.29 is 26.7 Å². The lowest BCUT2D eigenvalue weighted by molar-refractivity contribution is -0.267. The van der Waals surface area contributed by atoms with Crippen molar-refractivity contribution >= 4 is 11.6 Å². The maximum atomic E-state index is 12.8. The van der Waals surface area contributed by atoms with Gasteiger partial charge in [0, 0.05) is 23.8 Å². The van der Waals surface area contributed by atoms with Crippen LogP contribution >= 0.6 is 0 Å². The van der Waals surface area contributed by atoms with Gasteiger partial charge in [0.15, 0.2) is 0 Å². The summed E-state index contributed by atoms with van der Waals surface area (Å²) in [6.07, 6.45) is -2.62. The molecule has 0 spiro atoms. The summed E-state index contributed by atoms with van der Waals surface area (Å²) in [5.41, 5.74) is 0.350. The lowest BCUT2D eigenvalue weighted by atomic mass is 10.2. The maximum absolute atomic E-state index is 12.8. The van der Waals surface area contributed by atoms with Crippen LogP contribution in [0.15, 0.2) is 48.8 Å². The molecule has 3 nitrogen and oxygen atoms in total. The van der Waals surface area contributed by atoms with Crippen LogP contribution in [0, 0.1) is 0 Å².